The number of ether oxygens (including phenoxy) is 2. The Morgan fingerprint density at radius 3 is 1.94 bits per heavy atom. The Bertz CT molecular complexity index is 2290. The van der Waals surface area contributed by atoms with E-state index in [9.17, 15) is 24.3 Å². The Morgan fingerprint density at radius 1 is 0.698 bits per heavy atom. The van der Waals surface area contributed by atoms with Crippen molar-refractivity contribution in [2.45, 2.75) is 62.6 Å². The fourth-order valence-corrected chi connectivity index (χ4v) is 11.3. The van der Waals surface area contributed by atoms with Crippen molar-refractivity contribution in [2.24, 2.45) is 0 Å². The number of rotatable bonds is 8. The number of phenolic OH excluding ortho intramolecular Hbond substituents is 1. The van der Waals surface area contributed by atoms with Gasteiger partial charge in [0.25, 0.3) is 5.91 Å². The number of halogens is 2. The lowest BCUT2D eigenvalue weighted by atomic mass is 9.98. The lowest BCUT2D eigenvalue weighted by molar-refractivity contribution is -0.142. The normalized spacial score (nSPS) is 19.1. The summed E-state index contributed by atoms with van der Waals surface area (Å²) in [6.07, 6.45) is 1.68. The highest BCUT2D eigenvalue weighted by molar-refractivity contribution is 9.11. The zero-order valence-corrected chi connectivity index (χ0v) is 38.3. The van der Waals surface area contributed by atoms with Gasteiger partial charge in [0.1, 0.15) is 12.4 Å². The van der Waals surface area contributed by atoms with Gasteiger partial charge in [-0.25, -0.2) is 14.4 Å². The molecule has 5 amide bonds. The molecule has 3 saturated heterocycles. The highest BCUT2D eigenvalue weighted by Crippen LogP contribution is 2.44. The Balaban J connectivity index is 0.773. The van der Waals surface area contributed by atoms with Gasteiger partial charge in [0.05, 0.1) is 8.95 Å². The summed E-state index contributed by atoms with van der Waals surface area (Å²) in [4.78, 5) is 64.1. The van der Waals surface area contributed by atoms with E-state index in [1.165, 1.54) is 22.3 Å². The van der Waals surface area contributed by atoms with Crippen LogP contribution in [0.15, 0.2) is 93.9 Å². The maximum absolute atomic E-state index is 14.3. The average Bonchev–Trinajstić information content (AvgIpc) is 3.52. The molecule has 0 unspecified atom stereocenters. The van der Waals surface area contributed by atoms with Crippen LogP contribution >= 0.6 is 31.9 Å². The van der Waals surface area contributed by atoms with E-state index in [0.29, 0.717) is 79.8 Å². The number of carbonyl (C=O) groups is 4. The van der Waals surface area contributed by atoms with Crippen LogP contribution in [0.2, 0.25) is 0 Å². The number of likely N-dealkylation sites (tertiary alicyclic amines) is 2. The summed E-state index contributed by atoms with van der Waals surface area (Å²) in [5.41, 5.74) is 7.44. The second-order valence-corrected chi connectivity index (χ2v) is 18.8. The molecule has 1 aliphatic carbocycles. The number of carbonyl (C=O) groups excluding carboxylic acids is 4. The zero-order valence-electron chi connectivity index (χ0n) is 35.1. The molecule has 15 heteroatoms. The van der Waals surface area contributed by atoms with Gasteiger partial charge in [0, 0.05) is 89.0 Å². The largest absolute Gasteiger partial charge is 0.506 e. The molecule has 4 aromatic carbocycles. The second-order valence-electron chi connectivity index (χ2n) is 17.1. The number of urea groups is 1. The maximum atomic E-state index is 14.3. The van der Waals surface area contributed by atoms with E-state index in [4.69, 9.17) is 9.47 Å². The van der Waals surface area contributed by atoms with Gasteiger partial charge in [-0.05, 0) is 116 Å². The number of hydrogen-bond acceptors (Lipinski definition) is 8. The van der Waals surface area contributed by atoms with Crippen molar-refractivity contribution in [3.05, 3.63) is 116 Å². The number of piperazine rings is 1. The number of aromatic hydroxyl groups is 1. The highest BCUT2D eigenvalue weighted by atomic mass is 79.9. The molecule has 3 fully saturated rings. The van der Waals surface area contributed by atoms with Crippen LogP contribution in [0, 0.1) is 0 Å². The standard InChI is InChI=1S/C48H52Br2N6O7/c49-40-27-31(28-41(50)44(40)57)29-43(63-48(61)54-20-16-34(17-21-54)56-22-13-32-7-1-6-12-42(32)51-46(56)59)45(58)53-18-14-33(15-19-53)52-23-25-55(26-24-52)47(60)62-30-39-37-10-4-2-8-35(37)36-9-3-5-11-38(36)39/h1-12,27-28,33-34,39,43,57H,13-26,29-30H2,(H,51,59)/t43-/m1/s1. The fraction of sp³-hybridized carbons (Fsp3) is 0.417. The van der Waals surface area contributed by atoms with Crippen LogP contribution in [-0.2, 0) is 27.1 Å². The highest BCUT2D eigenvalue weighted by Gasteiger charge is 2.38. The third kappa shape index (κ3) is 9.28. The summed E-state index contributed by atoms with van der Waals surface area (Å²) in [5.74, 6) is -0.191. The molecule has 13 nitrogen and oxygen atoms in total. The number of nitrogens with zero attached hydrogens (tertiary/aromatic N) is 5. The molecule has 0 radical (unpaired) electrons. The van der Waals surface area contributed by atoms with Crippen LogP contribution in [0.4, 0.5) is 20.1 Å². The van der Waals surface area contributed by atoms with Gasteiger partial charge in [-0.15, -0.1) is 0 Å². The van der Waals surface area contributed by atoms with Crippen molar-refractivity contribution in [1.29, 1.82) is 0 Å². The van der Waals surface area contributed by atoms with E-state index in [-0.39, 0.29) is 48.2 Å². The zero-order chi connectivity index (χ0) is 43.6. The van der Waals surface area contributed by atoms with Crippen molar-refractivity contribution >= 4 is 61.7 Å². The molecule has 4 heterocycles. The first-order valence-corrected chi connectivity index (χ1v) is 23.6. The number of amides is 5. The van der Waals surface area contributed by atoms with E-state index < -0.39 is 12.2 Å². The summed E-state index contributed by atoms with van der Waals surface area (Å²) in [6.45, 7) is 5.31. The molecule has 330 valence electrons. The first-order valence-electron chi connectivity index (χ1n) is 22.0. The van der Waals surface area contributed by atoms with Crippen LogP contribution < -0.4 is 5.32 Å². The Labute approximate surface area is 384 Å². The van der Waals surface area contributed by atoms with Crippen molar-refractivity contribution in [2.75, 3.05) is 70.8 Å². The molecule has 1 atom stereocenters. The molecular formula is C48H52Br2N6O7. The van der Waals surface area contributed by atoms with Crippen molar-refractivity contribution in [3.63, 3.8) is 0 Å². The first kappa shape index (κ1) is 43.1. The van der Waals surface area contributed by atoms with Gasteiger partial charge in [-0.1, -0.05) is 66.7 Å². The molecule has 0 spiro atoms. The van der Waals surface area contributed by atoms with Crippen LogP contribution in [0.25, 0.3) is 11.1 Å². The van der Waals surface area contributed by atoms with Crippen molar-refractivity contribution < 1.29 is 33.8 Å². The Kier molecular flexibility index (Phi) is 13.0. The topological polar surface area (TPSA) is 135 Å². The quantitative estimate of drug-likeness (QED) is 0.181. The molecule has 4 aromatic rings. The SMILES string of the molecule is O=C(OCC1c2ccccc2-c2ccccc21)N1CCN(C2CCN(C(=O)[C@@H](Cc3cc(Br)c(O)c(Br)c3)OC(=O)N3CCC(N4CCc5ccccc5NC4=O)CC3)CC2)CC1. The molecule has 5 aliphatic rings. The monoisotopic (exact) mass is 982 g/mol. The number of phenols is 1. The van der Waals surface area contributed by atoms with Gasteiger partial charge in [0.2, 0.25) is 0 Å². The summed E-state index contributed by atoms with van der Waals surface area (Å²) >= 11 is 6.80. The number of para-hydroxylation sites is 1. The van der Waals surface area contributed by atoms with Crippen LogP contribution in [0.3, 0.4) is 0 Å². The average molecular weight is 985 g/mol. The van der Waals surface area contributed by atoms with Gasteiger partial charge < -0.3 is 39.5 Å². The van der Waals surface area contributed by atoms with Crippen LogP contribution in [-0.4, -0.2) is 137 Å². The van der Waals surface area contributed by atoms with Gasteiger partial charge >= 0.3 is 18.2 Å². The molecule has 0 bridgehead atoms. The first-order chi connectivity index (χ1) is 30.6. The minimum atomic E-state index is -1.08. The van der Waals surface area contributed by atoms with Crippen LogP contribution in [0.1, 0.15) is 53.9 Å². The lowest BCUT2D eigenvalue weighted by Gasteiger charge is -2.43. The maximum Gasteiger partial charge on any atom is 0.410 e. The molecule has 63 heavy (non-hydrogen) atoms. The molecule has 0 aromatic heterocycles. The fourth-order valence-electron chi connectivity index (χ4n) is 10.0. The number of nitrogens with one attached hydrogen (secondary N) is 1. The predicted octanol–water partition coefficient (Wildman–Crippen LogP) is 8.08. The van der Waals surface area contributed by atoms with Crippen molar-refractivity contribution in [1.82, 2.24) is 24.5 Å². The van der Waals surface area contributed by atoms with Gasteiger partial charge in [-0.3, -0.25) is 9.69 Å². The molecule has 9 rings (SSSR count). The number of piperidine rings is 2. The number of fused-ring (bicyclic) bond motifs is 4. The molecular weight excluding hydrogens is 932 g/mol. The number of anilines is 1. The van der Waals surface area contributed by atoms with E-state index in [0.717, 1.165) is 43.6 Å². The van der Waals surface area contributed by atoms with E-state index in [1.54, 1.807) is 26.8 Å². The van der Waals surface area contributed by atoms with E-state index in [1.807, 2.05) is 53.4 Å². The molecule has 2 N–H and O–H groups in total. The van der Waals surface area contributed by atoms with Crippen molar-refractivity contribution in [3.8, 4) is 16.9 Å². The number of benzene rings is 4. The summed E-state index contributed by atoms with van der Waals surface area (Å²) < 4.78 is 13.0. The number of hydrogen-bond donors (Lipinski definition) is 2. The minimum absolute atomic E-state index is 0.0148. The second kappa shape index (κ2) is 18.9. The predicted molar refractivity (Wildman–Crippen MR) is 246 cm³/mol. The van der Waals surface area contributed by atoms with E-state index in [2.05, 4.69) is 66.3 Å². The third-order valence-electron chi connectivity index (χ3n) is 13.5. The van der Waals surface area contributed by atoms with Crippen LogP contribution in [0.5, 0.6) is 5.75 Å². The summed E-state index contributed by atoms with van der Waals surface area (Å²) in [7, 11) is 0. The molecule has 4 aliphatic heterocycles. The Hall–Kier alpha value is -5.12. The van der Waals surface area contributed by atoms with Gasteiger partial charge in [0.15, 0.2) is 6.10 Å². The minimum Gasteiger partial charge on any atom is -0.506 e. The van der Waals surface area contributed by atoms with Gasteiger partial charge in [-0.2, -0.15) is 0 Å². The summed E-state index contributed by atoms with van der Waals surface area (Å²) in [5, 5.41) is 13.4. The smallest absolute Gasteiger partial charge is 0.410 e. The third-order valence-corrected chi connectivity index (χ3v) is 14.7. The lowest BCUT2D eigenvalue weighted by Crippen LogP contribution is -2.56. The molecule has 0 saturated carbocycles. The van der Waals surface area contributed by atoms with E-state index >= 15 is 0 Å². The Morgan fingerprint density at radius 2 is 1.27 bits per heavy atom. The summed E-state index contributed by atoms with van der Waals surface area (Å²) in [6, 6.07) is 28.1.